The van der Waals surface area contributed by atoms with Gasteiger partial charge >= 0.3 is 0 Å². The number of thioether (sulfide) groups is 1. The fourth-order valence-electron chi connectivity index (χ4n) is 0.971. The van der Waals surface area contributed by atoms with Gasteiger partial charge in [0.15, 0.2) is 0 Å². The maximum Gasteiger partial charge on any atom is 0.222 e. The molecule has 0 aromatic rings. The summed E-state index contributed by atoms with van der Waals surface area (Å²) in [7, 11) is 0. The average Bonchev–Trinajstić information content (AvgIpc) is 2.05. The van der Waals surface area contributed by atoms with Crippen molar-refractivity contribution in [1.29, 1.82) is 0 Å². The quantitative estimate of drug-likeness (QED) is 0.562. The van der Waals surface area contributed by atoms with Crippen LogP contribution >= 0.6 is 11.8 Å². The Bertz CT molecular complexity index is 121. The second-order valence-corrected chi connectivity index (χ2v) is 3.47. The summed E-state index contributed by atoms with van der Waals surface area (Å²) in [6.07, 6.45) is 0.407. The zero-order valence-corrected chi connectivity index (χ0v) is 6.82. The first-order chi connectivity index (χ1) is 4.84. The van der Waals surface area contributed by atoms with Gasteiger partial charge in [-0.05, 0) is 6.92 Å². The number of amides is 1. The molecule has 2 nitrogen and oxygen atoms in total. The van der Waals surface area contributed by atoms with Gasteiger partial charge in [-0.25, -0.2) is 0 Å². The number of hydrogen-bond donors (Lipinski definition) is 0. The van der Waals surface area contributed by atoms with Crippen LogP contribution in [0.1, 0.15) is 6.42 Å². The first kappa shape index (κ1) is 7.92. The Morgan fingerprint density at radius 1 is 1.50 bits per heavy atom. The predicted molar refractivity (Wildman–Crippen MR) is 43.9 cm³/mol. The first-order valence-electron chi connectivity index (χ1n) is 3.49. The fraction of sp³-hybridized carbons (Fsp3) is 0.714. The lowest BCUT2D eigenvalue weighted by molar-refractivity contribution is -0.129. The standard InChI is InChI=1S/C7H12NOS/c1-2-7(9)8-3-5-10-6-4-8/h1-6H2. The molecule has 0 unspecified atom stereocenters. The van der Waals surface area contributed by atoms with Crippen LogP contribution in [0.2, 0.25) is 0 Å². The molecule has 1 aliphatic heterocycles. The third-order valence-corrected chi connectivity index (χ3v) is 2.52. The molecule has 0 N–H and O–H groups in total. The minimum absolute atomic E-state index is 0.195. The van der Waals surface area contributed by atoms with Crippen LogP contribution in [0.3, 0.4) is 0 Å². The third-order valence-electron chi connectivity index (χ3n) is 1.58. The maximum absolute atomic E-state index is 11.0. The Hall–Kier alpha value is -0.180. The predicted octanol–water partition coefficient (Wildman–Crippen LogP) is 0.786. The topological polar surface area (TPSA) is 20.3 Å². The van der Waals surface area contributed by atoms with Crippen molar-refractivity contribution in [2.45, 2.75) is 6.42 Å². The van der Waals surface area contributed by atoms with Gasteiger partial charge in [-0.2, -0.15) is 11.8 Å². The zero-order valence-electron chi connectivity index (χ0n) is 6.01. The van der Waals surface area contributed by atoms with E-state index >= 15 is 0 Å². The van der Waals surface area contributed by atoms with E-state index in [1.165, 1.54) is 0 Å². The minimum Gasteiger partial charge on any atom is -0.341 e. The van der Waals surface area contributed by atoms with Crippen LogP contribution in [0.5, 0.6) is 0 Å². The SMILES string of the molecule is [CH2]CC(=O)N1CCSCC1. The molecular weight excluding hydrogens is 146 g/mol. The van der Waals surface area contributed by atoms with Gasteiger partial charge in [0.25, 0.3) is 0 Å². The Kier molecular flexibility index (Phi) is 3.06. The lowest BCUT2D eigenvalue weighted by Crippen LogP contribution is -2.37. The number of carbonyl (C=O) groups is 1. The van der Waals surface area contributed by atoms with E-state index in [-0.39, 0.29) is 5.91 Å². The van der Waals surface area contributed by atoms with E-state index in [1.807, 2.05) is 16.7 Å². The first-order valence-corrected chi connectivity index (χ1v) is 4.65. The van der Waals surface area contributed by atoms with Crippen LogP contribution < -0.4 is 0 Å². The van der Waals surface area contributed by atoms with E-state index in [4.69, 9.17) is 0 Å². The second-order valence-electron chi connectivity index (χ2n) is 2.24. The number of rotatable bonds is 1. The molecule has 1 amide bonds. The molecule has 1 rings (SSSR count). The van der Waals surface area contributed by atoms with Crippen LogP contribution in [-0.2, 0) is 4.79 Å². The van der Waals surface area contributed by atoms with Gasteiger partial charge in [0.1, 0.15) is 0 Å². The monoisotopic (exact) mass is 158 g/mol. The van der Waals surface area contributed by atoms with Gasteiger partial charge < -0.3 is 4.90 Å². The molecule has 1 fully saturated rings. The lowest BCUT2D eigenvalue weighted by atomic mass is 10.4. The smallest absolute Gasteiger partial charge is 0.222 e. The molecule has 1 heterocycles. The highest BCUT2D eigenvalue weighted by atomic mass is 32.2. The summed E-state index contributed by atoms with van der Waals surface area (Å²) in [6.45, 7) is 5.39. The molecule has 1 saturated heterocycles. The molecule has 1 radical (unpaired) electrons. The van der Waals surface area contributed by atoms with Crippen LogP contribution in [0, 0.1) is 6.92 Å². The summed E-state index contributed by atoms with van der Waals surface area (Å²) in [4.78, 5) is 12.9. The summed E-state index contributed by atoms with van der Waals surface area (Å²) in [5, 5.41) is 0. The summed E-state index contributed by atoms with van der Waals surface area (Å²) >= 11 is 1.91. The van der Waals surface area contributed by atoms with Crippen LogP contribution in [0.25, 0.3) is 0 Å². The van der Waals surface area contributed by atoms with E-state index in [0.717, 1.165) is 24.6 Å². The summed E-state index contributed by atoms with van der Waals surface area (Å²) in [5.74, 6) is 2.37. The van der Waals surface area contributed by atoms with Crippen molar-refractivity contribution in [1.82, 2.24) is 4.90 Å². The average molecular weight is 158 g/mol. The fourth-order valence-corrected chi connectivity index (χ4v) is 1.87. The third kappa shape index (κ3) is 1.90. The molecule has 0 aromatic carbocycles. The Balaban J connectivity index is 2.31. The van der Waals surface area contributed by atoms with Crippen molar-refractivity contribution in [2.75, 3.05) is 24.6 Å². The molecule has 0 atom stereocenters. The normalized spacial score (nSPS) is 19.1. The molecule has 10 heavy (non-hydrogen) atoms. The molecule has 0 aliphatic carbocycles. The summed E-state index contributed by atoms with van der Waals surface area (Å²) < 4.78 is 0. The molecule has 0 aromatic heterocycles. The molecule has 1 aliphatic rings. The molecule has 57 valence electrons. The highest BCUT2D eigenvalue weighted by molar-refractivity contribution is 7.99. The second kappa shape index (κ2) is 3.86. The van der Waals surface area contributed by atoms with E-state index in [9.17, 15) is 4.79 Å². The zero-order chi connectivity index (χ0) is 7.40. The van der Waals surface area contributed by atoms with Crippen molar-refractivity contribution in [3.05, 3.63) is 6.92 Å². The van der Waals surface area contributed by atoms with Crippen LogP contribution in [0.4, 0.5) is 0 Å². The van der Waals surface area contributed by atoms with Crippen LogP contribution in [-0.4, -0.2) is 35.4 Å². The van der Waals surface area contributed by atoms with Gasteiger partial charge in [0.05, 0.1) is 0 Å². The highest BCUT2D eigenvalue weighted by Crippen LogP contribution is 2.09. The molecule has 3 heteroatoms. The molecular formula is C7H12NOS. The molecule has 0 spiro atoms. The van der Waals surface area contributed by atoms with Crippen molar-refractivity contribution in [3.8, 4) is 0 Å². The van der Waals surface area contributed by atoms with Crippen LogP contribution in [0.15, 0.2) is 0 Å². The number of carbonyl (C=O) groups excluding carboxylic acids is 1. The molecule has 0 saturated carbocycles. The van der Waals surface area contributed by atoms with Crippen molar-refractivity contribution in [2.24, 2.45) is 0 Å². The highest BCUT2D eigenvalue weighted by Gasteiger charge is 2.13. The van der Waals surface area contributed by atoms with Crippen molar-refractivity contribution >= 4 is 17.7 Å². The summed E-state index contributed by atoms with van der Waals surface area (Å²) in [5.41, 5.74) is 0. The van der Waals surface area contributed by atoms with E-state index in [1.54, 1.807) is 0 Å². The number of nitrogens with zero attached hydrogens (tertiary/aromatic N) is 1. The van der Waals surface area contributed by atoms with Gasteiger partial charge in [0.2, 0.25) is 5.91 Å². The number of hydrogen-bond acceptors (Lipinski definition) is 2. The van der Waals surface area contributed by atoms with Gasteiger partial charge in [-0.15, -0.1) is 0 Å². The Morgan fingerprint density at radius 2 is 2.10 bits per heavy atom. The lowest BCUT2D eigenvalue weighted by Gasteiger charge is -2.25. The Labute approximate surface area is 66.0 Å². The largest absolute Gasteiger partial charge is 0.341 e. The van der Waals surface area contributed by atoms with E-state index < -0.39 is 0 Å². The molecule has 0 bridgehead atoms. The van der Waals surface area contributed by atoms with E-state index in [2.05, 4.69) is 6.92 Å². The van der Waals surface area contributed by atoms with Crippen molar-refractivity contribution < 1.29 is 4.79 Å². The van der Waals surface area contributed by atoms with Gasteiger partial charge in [-0.3, -0.25) is 4.79 Å². The van der Waals surface area contributed by atoms with Gasteiger partial charge in [0, 0.05) is 31.0 Å². The summed E-state index contributed by atoms with van der Waals surface area (Å²) in [6, 6.07) is 0. The minimum atomic E-state index is 0.195. The maximum atomic E-state index is 11.0. The van der Waals surface area contributed by atoms with E-state index in [0.29, 0.717) is 6.42 Å². The Morgan fingerprint density at radius 3 is 2.60 bits per heavy atom. The van der Waals surface area contributed by atoms with Crippen molar-refractivity contribution in [3.63, 3.8) is 0 Å². The van der Waals surface area contributed by atoms with Gasteiger partial charge in [-0.1, -0.05) is 0 Å².